The van der Waals surface area contributed by atoms with Crippen molar-refractivity contribution in [3.05, 3.63) is 16.1 Å². The van der Waals surface area contributed by atoms with Crippen LogP contribution in [0.1, 0.15) is 34.4 Å². The molecule has 1 saturated heterocycles. The van der Waals surface area contributed by atoms with E-state index in [4.69, 9.17) is 0 Å². The van der Waals surface area contributed by atoms with E-state index in [1.54, 1.807) is 30.3 Å². The number of carbonyl (C=O) groups is 1. The number of nitrogens with zero attached hydrogens (tertiary/aromatic N) is 3. The maximum Gasteiger partial charge on any atom is 0.272 e. The molecule has 0 aromatic carbocycles. The highest BCUT2D eigenvalue weighted by Gasteiger charge is 2.26. The van der Waals surface area contributed by atoms with Crippen molar-refractivity contribution < 1.29 is 4.79 Å². The van der Waals surface area contributed by atoms with Gasteiger partial charge >= 0.3 is 0 Å². The number of hydrogen-bond acceptors (Lipinski definition) is 4. The second-order valence-electron chi connectivity index (χ2n) is 4.41. The van der Waals surface area contributed by atoms with Crippen LogP contribution in [0.25, 0.3) is 0 Å². The van der Waals surface area contributed by atoms with Crippen molar-refractivity contribution >= 4 is 17.2 Å². The summed E-state index contributed by atoms with van der Waals surface area (Å²) in [5.74, 6) is -0.0110. The molecule has 1 aromatic rings. The zero-order chi connectivity index (χ0) is 11.7. The zero-order valence-corrected chi connectivity index (χ0v) is 10.8. The van der Waals surface area contributed by atoms with E-state index >= 15 is 0 Å². The number of rotatable bonds is 2. The summed E-state index contributed by atoms with van der Waals surface area (Å²) in [6.45, 7) is 1.13. The summed E-state index contributed by atoms with van der Waals surface area (Å²) in [6, 6.07) is 0.411. The topological polar surface area (TPSA) is 36.4 Å². The van der Waals surface area contributed by atoms with Gasteiger partial charge in [0.2, 0.25) is 0 Å². The van der Waals surface area contributed by atoms with Gasteiger partial charge in [0.1, 0.15) is 10.7 Å². The quantitative estimate of drug-likeness (QED) is 0.786. The number of amides is 1. The van der Waals surface area contributed by atoms with Gasteiger partial charge in [0.05, 0.1) is 6.04 Å². The summed E-state index contributed by atoms with van der Waals surface area (Å²) in [7, 11) is 5.62. The molecule has 0 bridgehead atoms. The first-order chi connectivity index (χ1) is 7.59. The van der Waals surface area contributed by atoms with Crippen molar-refractivity contribution in [3.8, 4) is 0 Å². The molecule has 1 atom stereocenters. The minimum Gasteiger partial charge on any atom is -0.343 e. The first-order valence-corrected chi connectivity index (χ1v) is 6.35. The monoisotopic (exact) mass is 239 g/mol. The summed E-state index contributed by atoms with van der Waals surface area (Å²) in [6.07, 6.45) is 2.37. The lowest BCUT2D eigenvalue weighted by molar-refractivity contribution is 0.0822. The van der Waals surface area contributed by atoms with Crippen LogP contribution in [0, 0.1) is 0 Å². The van der Waals surface area contributed by atoms with E-state index < -0.39 is 0 Å². The molecule has 1 unspecified atom stereocenters. The molecule has 5 heteroatoms. The van der Waals surface area contributed by atoms with Crippen LogP contribution in [0.4, 0.5) is 0 Å². The van der Waals surface area contributed by atoms with E-state index in [0.717, 1.165) is 18.0 Å². The van der Waals surface area contributed by atoms with Crippen LogP contribution in [0.5, 0.6) is 0 Å². The molecule has 0 N–H and O–H groups in total. The van der Waals surface area contributed by atoms with Gasteiger partial charge in [0.25, 0.3) is 5.91 Å². The number of thiazole rings is 1. The third kappa shape index (κ3) is 2.10. The zero-order valence-electron chi connectivity index (χ0n) is 9.93. The Kier molecular flexibility index (Phi) is 3.25. The molecule has 1 aliphatic rings. The van der Waals surface area contributed by atoms with Gasteiger partial charge < -0.3 is 4.90 Å². The summed E-state index contributed by atoms with van der Waals surface area (Å²) >= 11 is 1.60. The highest BCUT2D eigenvalue weighted by molar-refractivity contribution is 7.09. The van der Waals surface area contributed by atoms with Crippen LogP contribution < -0.4 is 0 Å². The molecule has 16 heavy (non-hydrogen) atoms. The molecular formula is C11H17N3OS. The molecule has 0 radical (unpaired) electrons. The second-order valence-corrected chi connectivity index (χ2v) is 5.30. The van der Waals surface area contributed by atoms with Gasteiger partial charge in [-0.25, -0.2) is 4.98 Å². The Balaban J connectivity index is 2.16. The van der Waals surface area contributed by atoms with Crippen LogP contribution >= 0.6 is 11.3 Å². The van der Waals surface area contributed by atoms with Gasteiger partial charge in [-0.3, -0.25) is 9.69 Å². The first kappa shape index (κ1) is 11.5. The normalized spacial score (nSPS) is 21.3. The molecule has 4 nitrogen and oxygen atoms in total. The summed E-state index contributed by atoms with van der Waals surface area (Å²) < 4.78 is 0. The third-order valence-electron chi connectivity index (χ3n) is 2.95. The molecule has 88 valence electrons. The van der Waals surface area contributed by atoms with E-state index in [9.17, 15) is 4.79 Å². The van der Waals surface area contributed by atoms with Crippen LogP contribution in [0.15, 0.2) is 5.38 Å². The van der Waals surface area contributed by atoms with Crippen molar-refractivity contribution in [2.75, 3.05) is 27.7 Å². The highest BCUT2D eigenvalue weighted by atomic mass is 32.1. The molecule has 2 heterocycles. The SMILES string of the molecule is CN(C)C(=O)c1csc(C2CCCN2C)n1. The lowest BCUT2D eigenvalue weighted by Gasteiger charge is -2.16. The third-order valence-corrected chi connectivity index (χ3v) is 3.90. The molecule has 0 spiro atoms. The molecule has 1 aliphatic heterocycles. The Hall–Kier alpha value is -0.940. The second kappa shape index (κ2) is 4.51. The van der Waals surface area contributed by atoms with Gasteiger partial charge in [-0.05, 0) is 26.4 Å². The molecule has 1 fully saturated rings. The lowest BCUT2D eigenvalue weighted by Crippen LogP contribution is -2.22. The summed E-state index contributed by atoms with van der Waals surface area (Å²) in [5.41, 5.74) is 0.574. The number of aromatic nitrogens is 1. The van der Waals surface area contributed by atoms with Crippen molar-refractivity contribution in [2.24, 2.45) is 0 Å². The fourth-order valence-electron chi connectivity index (χ4n) is 1.99. The van der Waals surface area contributed by atoms with Gasteiger partial charge in [0.15, 0.2) is 0 Å². The Morgan fingerprint density at radius 1 is 1.62 bits per heavy atom. The molecule has 1 amide bonds. The lowest BCUT2D eigenvalue weighted by atomic mass is 10.2. The van der Waals surface area contributed by atoms with Crippen LogP contribution in [-0.2, 0) is 0 Å². The minimum atomic E-state index is -0.0110. The van der Waals surface area contributed by atoms with Crippen LogP contribution in [0.3, 0.4) is 0 Å². The van der Waals surface area contributed by atoms with Crippen LogP contribution in [-0.4, -0.2) is 48.4 Å². The maximum atomic E-state index is 11.7. The highest BCUT2D eigenvalue weighted by Crippen LogP contribution is 2.32. The fourth-order valence-corrected chi connectivity index (χ4v) is 2.98. The molecular weight excluding hydrogens is 222 g/mol. The Morgan fingerprint density at radius 2 is 2.38 bits per heavy atom. The van der Waals surface area contributed by atoms with E-state index in [0.29, 0.717) is 11.7 Å². The van der Waals surface area contributed by atoms with Crippen LogP contribution in [0.2, 0.25) is 0 Å². The predicted molar refractivity (Wildman–Crippen MR) is 64.7 cm³/mol. The fraction of sp³-hybridized carbons (Fsp3) is 0.636. The standard InChI is InChI=1S/C11H17N3OS/c1-13(2)11(15)8-7-16-10(12-8)9-5-4-6-14(9)3/h7,9H,4-6H2,1-3H3. The van der Waals surface area contributed by atoms with E-state index in [1.165, 1.54) is 6.42 Å². The van der Waals surface area contributed by atoms with Crippen molar-refractivity contribution in [3.63, 3.8) is 0 Å². The average molecular weight is 239 g/mol. The molecule has 1 aromatic heterocycles. The molecule has 2 rings (SSSR count). The van der Waals surface area contributed by atoms with E-state index in [1.807, 2.05) is 5.38 Å². The Labute approximate surface area is 99.9 Å². The first-order valence-electron chi connectivity index (χ1n) is 5.47. The number of likely N-dealkylation sites (tertiary alicyclic amines) is 1. The Morgan fingerprint density at radius 3 is 2.94 bits per heavy atom. The van der Waals surface area contributed by atoms with Gasteiger partial charge in [-0.15, -0.1) is 11.3 Å². The number of hydrogen-bond donors (Lipinski definition) is 0. The van der Waals surface area contributed by atoms with Crippen molar-refractivity contribution in [1.29, 1.82) is 0 Å². The summed E-state index contributed by atoms with van der Waals surface area (Å²) in [4.78, 5) is 20.0. The van der Waals surface area contributed by atoms with Crippen molar-refractivity contribution in [2.45, 2.75) is 18.9 Å². The van der Waals surface area contributed by atoms with Gasteiger partial charge in [-0.2, -0.15) is 0 Å². The Bertz CT molecular complexity index is 388. The maximum absolute atomic E-state index is 11.7. The minimum absolute atomic E-state index is 0.0110. The largest absolute Gasteiger partial charge is 0.343 e. The predicted octanol–water partition coefficient (Wildman–Crippen LogP) is 1.61. The van der Waals surface area contributed by atoms with E-state index in [2.05, 4.69) is 16.9 Å². The van der Waals surface area contributed by atoms with Gasteiger partial charge in [0, 0.05) is 19.5 Å². The molecule has 0 saturated carbocycles. The number of carbonyl (C=O) groups excluding carboxylic acids is 1. The van der Waals surface area contributed by atoms with Crippen molar-refractivity contribution in [1.82, 2.24) is 14.8 Å². The van der Waals surface area contributed by atoms with Gasteiger partial charge in [-0.1, -0.05) is 0 Å². The summed E-state index contributed by atoms with van der Waals surface area (Å²) in [5, 5.41) is 2.94. The average Bonchev–Trinajstić information content (AvgIpc) is 2.84. The smallest absolute Gasteiger partial charge is 0.272 e. The molecule has 0 aliphatic carbocycles. The van der Waals surface area contributed by atoms with E-state index in [-0.39, 0.29) is 5.91 Å².